The smallest absolute Gasteiger partial charge is 0.328 e. The molecule has 4 fully saturated rings. The highest BCUT2D eigenvalue weighted by atomic mass is 16.5. The average molecular weight is 478 g/mol. The van der Waals surface area contributed by atoms with E-state index in [-0.39, 0.29) is 29.1 Å². The molecule has 0 saturated heterocycles. The lowest BCUT2D eigenvalue weighted by atomic mass is 9.49. The number of ether oxygens (including phenoxy) is 1. The van der Waals surface area contributed by atoms with Crippen molar-refractivity contribution >= 4 is 23.7 Å². The minimum Gasteiger partial charge on any atom is -0.467 e. The molecule has 4 aliphatic carbocycles. The van der Waals surface area contributed by atoms with Crippen LogP contribution < -0.4 is 16.0 Å². The second-order valence-electron chi connectivity index (χ2n) is 11.5. The van der Waals surface area contributed by atoms with E-state index in [9.17, 15) is 19.2 Å². The molecule has 1 unspecified atom stereocenters. The largest absolute Gasteiger partial charge is 0.467 e. The molecule has 4 saturated carbocycles. The summed E-state index contributed by atoms with van der Waals surface area (Å²) in [4.78, 5) is 51.6. The first-order valence-electron chi connectivity index (χ1n) is 13.0. The quantitative estimate of drug-likeness (QED) is 0.419. The Morgan fingerprint density at radius 3 is 1.76 bits per heavy atom. The van der Waals surface area contributed by atoms with Crippen molar-refractivity contribution in [2.75, 3.05) is 7.11 Å². The van der Waals surface area contributed by atoms with Crippen LogP contribution in [0.3, 0.4) is 0 Å². The number of esters is 1. The standard InChI is InChI=1S/C26H43N3O5/c1-7-15(4)21(23(31)27-16(5)24(32)34-6)28-22(30)20(14(2)3)29-25(33)26-11-17-8-18(12-26)10-19(9-17)13-26/h14-21H,7-13H2,1-6H3,(H,27,31)(H,28,30)(H,29,33)/t15?,16-,17?,18?,19?,20-,21-,26?/m0/s1. The molecular formula is C26H43N3O5. The first-order chi connectivity index (χ1) is 16.0. The summed E-state index contributed by atoms with van der Waals surface area (Å²) >= 11 is 0. The molecule has 4 bridgehead atoms. The van der Waals surface area contributed by atoms with Crippen molar-refractivity contribution in [2.45, 2.75) is 97.7 Å². The number of methoxy groups -OCH3 is 1. The van der Waals surface area contributed by atoms with Crippen LogP contribution in [0.2, 0.25) is 0 Å². The Morgan fingerprint density at radius 2 is 1.32 bits per heavy atom. The van der Waals surface area contributed by atoms with Gasteiger partial charge >= 0.3 is 5.97 Å². The summed E-state index contributed by atoms with van der Waals surface area (Å²) in [6, 6.07) is -2.36. The van der Waals surface area contributed by atoms with E-state index >= 15 is 0 Å². The van der Waals surface area contributed by atoms with Crippen LogP contribution >= 0.6 is 0 Å². The lowest BCUT2D eigenvalue weighted by Gasteiger charge is -2.55. The van der Waals surface area contributed by atoms with Gasteiger partial charge in [0.15, 0.2) is 0 Å². The van der Waals surface area contributed by atoms with Gasteiger partial charge in [-0.1, -0.05) is 34.1 Å². The highest BCUT2D eigenvalue weighted by Gasteiger charge is 2.55. The number of amides is 3. The van der Waals surface area contributed by atoms with E-state index in [0.29, 0.717) is 24.2 Å². The molecule has 0 heterocycles. The zero-order valence-electron chi connectivity index (χ0n) is 21.6. The molecule has 4 atom stereocenters. The fourth-order valence-corrected chi connectivity index (χ4v) is 6.70. The van der Waals surface area contributed by atoms with Crippen molar-refractivity contribution in [2.24, 2.45) is 35.0 Å². The Labute approximate surface area is 203 Å². The molecule has 0 spiro atoms. The number of rotatable bonds is 10. The number of hydrogen-bond donors (Lipinski definition) is 3. The molecule has 0 aliphatic heterocycles. The predicted molar refractivity (Wildman–Crippen MR) is 128 cm³/mol. The van der Waals surface area contributed by atoms with Gasteiger partial charge in [-0.2, -0.15) is 0 Å². The van der Waals surface area contributed by atoms with E-state index in [4.69, 9.17) is 0 Å². The summed E-state index contributed by atoms with van der Waals surface area (Å²) in [6.45, 7) is 9.17. The molecule has 4 aliphatic rings. The average Bonchev–Trinajstić information content (AvgIpc) is 2.78. The first kappa shape index (κ1) is 26.5. The SMILES string of the molecule is CCC(C)[C@H](NC(=O)[C@@H](NC(=O)C12CC3CC(CC(C3)C1)C2)C(C)C)C(=O)N[C@@H](C)C(=O)OC. The van der Waals surface area contributed by atoms with Crippen LogP contribution in [-0.4, -0.2) is 48.9 Å². The van der Waals surface area contributed by atoms with E-state index in [1.165, 1.54) is 26.4 Å². The van der Waals surface area contributed by atoms with Gasteiger partial charge in [-0.25, -0.2) is 4.79 Å². The molecule has 0 aromatic rings. The molecule has 8 heteroatoms. The molecule has 192 valence electrons. The van der Waals surface area contributed by atoms with Gasteiger partial charge in [-0.15, -0.1) is 0 Å². The highest BCUT2D eigenvalue weighted by Crippen LogP contribution is 2.60. The Morgan fingerprint density at radius 1 is 0.824 bits per heavy atom. The zero-order chi connectivity index (χ0) is 25.2. The van der Waals surface area contributed by atoms with Gasteiger partial charge in [0.25, 0.3) is 0 Å². The van der Waals surface area contributed by atoms with Crippen molar-refractivity contribution < 1.29 is 23.9 Å². The summed E-state index contributed by atoms with van der Waals surface area (Å²) in [5.74, 6) is 0.285. The van der Waals surface area contributed by atoms with Gasteiger partial charge in [-0.05, 0) is 75.0 Å². The first-order valence-corrected chi connectivity index (χ1v) is 13.0. The Kier molecular flexibility index (Phi) is 8.30. The third-order valence-corrected chi connectivity index (χ3v) is 8.46. The number of carbonyl (C=O) groups excluding carboxylic acids is 4. The summed E-state index contributed by atoms with van der Waals surface area (Å²) in [5, 5.41) is 8.59. The lowest BCUT2D eigenvalue weighted by molar-refractivity contribution is -0.149. The lowest BCUT2D eigenvalue weighted by Crippen LogP contribution is -2.61. The third-order valence-electron chi connectivity index (χ3n) is 8.46. The molecule has 34 heavy (non-hydrogen) atoms. The summed E-state index contributed by atoms with van der Waals surface area (Å²) in [5.41, 5.74) is -0.342. The minimum absolute atomic E-state index is 0.00399. The molecule has 3 amide bonds. The summed E-state index contributed by atoms with van der Waals surface area (Å²) in [7, 11) is 1.26. The maximum Gasteiger partial charge on any atom is 0.328 e. The molecule has 8 nitrogen and oxygen atoms in total. The number of carbonyl (C=O) groups is 4. The van der Waals surface area contributed by atoms with Crippen molar-refractivity contribution in [3.63, 3.8) is 0 Å². The van der Waals surface area contributed by atoms with Gasteiger partial charge in [0.2, 0.25) is 17.7 Å². The summed E-state index contributed by atoms with van der Waals surface area (Å²) < 4.78 is 4.69. The van der Waals surface area contributed by atoms with E-state index in [0.717, 1.165) is 19.3 Å². The second-order valence-corrected chi connectivity index (χ2v) is 11.5. The second kappa shape index (κ2) is 10.6. The van der Waals surface area contributed by atoms with E-state index in [1.54, 1.807) is 6.92 Å². The monoisotopic (exact) mass is 477 g/mol. The molecule has 4 rings (SSSR count). The topological polar surface area (TPSA) is 114 Å². The van der Waals surface area contributed by atoms with Crippen LogP contribution in [0.5, 0.6) is 0 Å². The zero-order valence-corrected chi connectivity index (χ0v) is 21.6. The Balaban J connectivity index is 1.69. The van der Waals surface area contributed by atoms with Gasteiger partial charge in [0.05, 0.1) is 7.11 Å². The fraction of sp³-hybridized carbons (Fsp3) is 0.846. The van der Waals surface area contributed by atoms with Crippen LogP contribution in [0.4, 0.5) is 0 Å². The van der Waals surface area contributed by atoms with Gasteiger partial charge in [-0.3, -0.25) is 14.4 Å². The Hall–Kier alpha value is -2.12. The van der Waals surface area contributed by atoms with Gasteiger partial charge in [0, 0.05) is 5.41 Å². The van der Waals surface area contributed by atoms with Crippen molar-refractivity contribution in [3.05, 3.63) is 0 Å². The maximum absolute atomic E-state index is 13.6. The normalized spacial score (nSPS) is 30.7. The minimum atomic E-state index is -0.822. The van der Waals surface area contributed by atoms with E-state index in [1.807, 2.05) is 27.7 Å². The van der Waals surface area contributed by atoms with Crippen molar-refractivity contribution in [1.29, 1.82) is 0 Å². The third kappa shape index (κ3) is 5.57. The highest BCUT2D eigenvalue weighted by molar-refractivity contribution is 5.94. The van der Waals surface area contributed by atoms with Crippen LogP contribution in [0, 0.1) is 35.0 Å². The van der Waals surface area contributed by atoms with Gasteiger partial charge < -0.3 is 20.7 Å². The van der Waals surface area contributed by atoms with Gasteiger partial charge in [0.1, 0.15) is 18.1 Å². The molecule has 0 aromatic carbocycles. The summed E-state index contributed by atoms with van der Waals surface area (Å²) in [6.07, 6.45) is 7.20. The molecule has 3 N–H and O–H groups in total. The number of hydrogen-bond acceptors (Lipinski definition) is 5. The Bertz CT molecular complexity index is 760. The van der Waals surface area contributed by atoms with Crippen molar-refractivity contribution in [3.8, 4) is 0 Å². The van der Waals surface area contributed by atoms with E-state index in [2.05, 4.69) is 20.7 Å². The molecular weight excluding hydrogens is 434 g/mol. The molecule has 0 radical (unpaired) electrons. The van der Waals surface area contributed by atoms with Crippen LogP contribution in [0.1, 0.15) is 79.6 Å². The molecule has 0 aromatic heterocycles. The van der Waals surface area contributed by atoms with Crippen LogP contribution in [0.15, 0.2) is 0 Å². The predicted octanol–water partition coefficient (Wildman–Crippen LogP) is 2.55. The van der Waals surface area contributed by atoms with Crippen LogP contribution in [0.25, 0.3) is 0 Å². The number of nitrogens with one attached hydrogen (secondary N) is 3. The van der Waals surface area contributed by atoms with Crippen molar-refractivity contribution in [1.82, 2.24) is 16.0 Å². The van der Waals surface area contributed by atoms with E-state index < -0.39 is 30.0 Å². The maximum atomic E-state index is 13.6. The van der Waals surface area contributed by atoms with Crippen LogP contribution in [-0.2, 0) is 23.9 Å². The fourth-order valence-electron chi connectivity index (χ4n) is 6.70.